The van der Waals surface area contributed by atoms with Crippen molar-refractivity contribution in [2.75, 3.05) is 37.8 Å². The van der Waals surface area contributed by atoms with Crippen LogP contribution in [0.4, 0.5) is 15.8 Å². The Kier molecular flexibility index (Phi) is 4.47. The number of methoxy groups -OCH3 is 1. The molecule has 1 atom stereocenters. The third-order valence-corrected chi connectivity index (χ3v) is 3.75. The van der Waals surface area contributed by atoms with E-state index in [2.05, 4.69) is 17.1 Å². The minimum atomic E-state index is -0.334. The molecule has 1 aliphatic heterocycles. The molecule has 19 heavy (non-hydrogen) atoms. The van der Waals surface area contributed by atoms with E-state index in [4.69, 9.17) is 10.5 Å². The number of hydrogen-bond acceptors (Lipinski definition) is 4. The number of halogens is 1. The maximum absolute atomic E-state index is 13.8. The second-order valence-electron chi connectivity index (χ2n) is 4.88. The Morgan fingerprint density at radius 2 is 2.32 bits per heavy atom. The zero-order valence-electron chi connectivity index (χ0n) is 11.6. The average Bonchev–Trinajstić information content (AvgIpc) is 2.85. The number of benzene rings is 1. The molecule has 2 rings (SSSR count). The third kappa shape index (κ3) is 3.10. The van der Waals surface area contributed by atoms with Gasteiger partial charge in [0.15, 0.2) is 0 Å². The van der Waals surface area contributed by atoms with Crippen molar-refractivity contribution >= 4 is 11.4 Å². The van der Waals surface area contributed by atoms with Gasteiger partial charge in [-0.05, 0) is 25.9 Å². The lowest BCUT2D eigenvalue weighted by molar-refractivity contribution is 0.277. The summed E-state index contributed by atoms with van der Waals surface area (Å²) in [4.78, 5) is 2.42. The summed E-state index contributed by atoms with van der Waals surface area (Å²) < 4.78 is 18.9. The van der Waals surface area contributed by atoms with Crippen LogP contribution in [-0.2, 0) is 0 Å². The first kappa shape index (κ1) is 13.9. The normalized spacial score (nSPS) is 19.6. The quantitative estimate of drug-likeness (QED) is 0.804. The van der Waals surface area contributed by atoms with E-state index in [9.17, 15) is 4.39 Å². The van der Waals surface area contributed by atoms with Gasteiger partial charge in [0, 0.05) is 24.7 Å². The fourth-order valence-corrected chi connectivity index (χ4v) is 2.65. The number of anilines is 2. The highest BCUT2D eigenvalue weighted by Gasteiger charge is 2.22. The van der Waals surface area contributed by atoms with Gasteiger partial charge in [-0.25, -0.2) is 4.39 Å². The molecule has 0 aliphatic carbocycles. The predicted octanol–water partition coefficient (Wildman–Crippen LogP) is 2.31. The predicted molar refractivity (Wildman–Crippen MR) is 76.1 cm³/mol. The van der Waals surface area contributed by atoms with Gasteiger partial charge in [0.2, 0.25) is 0 Å². The first-order valence-electron chi connectivity index (χ1n) is 6.76. The standard InChI is InChI=1S/C14H22FN3O/c1-3-18-6-4-5-10(18)9-17-13-8-14(19-2)12(16)7-11(13)15/h7-8,10,17H,3-6,9,16H2,1-2H3. The topological polar surface area (TPSA) is 50.5 Å². The van der Waals surface area contributed by atoms with E-state index in [1.54, 1.807) is 6.07 Å². The van der Waals surface area contributed by atoms with Crippen LogP contribution in [0.25, 0.3) is 0 Å². The molecule has 1 aromatic carbocycles. The van der Waals surface area contributed by atoms with Crippen LogP contribution in [0.3, 0.4) is 0 Å². The van der Waals surface area contributed by atoms with Crippen molar-refractivity contribution in [3.8, 4) is 5.75 Å². The summed E-state index contributed by atoms with van der Waals surface area (Å²) in [6, 6.07) is 3.40. The van der Waals surface area contributed by atoms with Gasteiger partial charge < -0.3 is 15.8 Å². The zero-order valence-corrected chi connectivity index (χ0v) is 11.6. The Balaban J connectivity index is 2.03. The number of rotatable bonds is 5. The minimum Gasteiger partial charge on any atom is -0.495 e. The molecule has 0 amide bonds. The first-order valence-corrected chi connectivity index (χ1v) is 6.76. The van der Waals surface area contributed by atoms with Crippen LogP contribution >= 0.6 is 0 Å². The Hall–Kier alpha value is -1.49. The Morgan fingerprint density at radius 3 is 3.00 bits per heavy atom. The summed E-state index contributed by atoms with van der Waals surface area (Å²) in [7, 11) is 1.53. The number of nitrogens with zero attached hydrogens (tertiary/aromatic N) is 1. The molecule has 1 aromatic rings. The summed E-state index contributed by atoms with van der Waals surface area (Å²) in [6.07, 6.45) is 2.38. The molecule has 0 spiro atoms. The van der Waals surface area contributed by atoms with Gasteiger partial charge in [-0.15, -0.1) is 0 Å². The molecule has 1 fully saturated rings. The number of nitrogens with two attached hydrogens (primary N) is 1. The number of likely N-dealkylation sites (tertiary alicyclic amines) is 1. The highest BCUT2D eigenvalue weighted by Crippen LogP contribution is 2.28. The number of nitrogens with one attached hydrogen (secondary N) is 1. The molecule has 0 radical (unpaired) electrons. The average molecular weight is 267 g/mol. The van der Waals surface area contributed by atoms with Crippen molar-refractivity contribution in [3.05, 3.63) is 17.9 Å². The molecule has 0 bridgehead atoms. The highest BCUT2D eigenvalue weighted by molar-refractivity contribution is 5.62. The van der Waals surface area contributed by atoms with E-state index in [1.165, 1.54) is 19.6 Å². The number of ether oxygens (including phenoxy) is 1. The van der Waals surface area contributed by atoms with Gasteiger partial charge in [-0.3, -0.25) is 4.90 Å². The highest BCUT2D eigenvalue weighted by atomic mass is 19.1. The molecule has 1 heterocycles. The number of likely N-dealkylation sites (N-methyl/N-ethyl adjacent to an activating group) is 1. The summed E-state index contributed by atoms with van der Waals surface area (Å²) in [6.45, 7) is 5.08. The minimum absolute atomic E-state index is 0.321. The van der Waals surface area contributed by atoms with E-state index >= 15 is 0 Å². The van der Waals surface area contributed by atoms with Crippen molar-refractivity contribution in [3.63, 3.8) is 0 Å². The summed E-state index contributed by atoms with van der Waals surface area (Å²) in [5.74, 6) is 0.169. The lowest BCUT2D eigenvalue weighted by Crippen LogP contribution is -2.34. The summed E-state index contributed by atoms with van der Waals surface area (Å²) >= 11 is 0. The molecule has 106 valence electrons. The van der Waals surface area contributed by atoms with Gasteiger partial charge in [-0.1, -0.05) is 6.92 Å². The van der Waals surface area contributed by atoms with Crippen LogP contribution in [0, 0.1) is 5.82 Å². The van der Waals surface area contributed by atoms with Gasteiger partial charge >= 0.3 is 0 Å². The first-order chi connectivity index (χ1) is 9.15. The van der Waals surface area contributed by atoms with Gasteiger partial charge in [0.25, 0.3) is 0 Å². The molecule has 0 aromatic heterocycles. The largest absolute Gasteiger partial charge is 0.495 e. The molecule has 1 unspecified atom stereocenters. The second kappa shape index (κ2) is 6.10. The molecule has 3 N–H and O–H groups in total. The molecule has 5 heteroatoms. The fraction of sp³-hybridized carbons (Fsp3) is 0.571. The Morgan fingerprint density at radius 1 is 1.53 bits per heavy atom. The third-order valence-electron chi connectivity index (χ3n) is 3.75. The summed E-state index contributed by atoms with van der Waals surface area (Å²) in [5, 5.41) is 3.17. The molecule has 4 nitrogen and oxygen atoms in total. The van der Waals surface area contributed by atoms with Crippen LogP contribution in [0.5, 0.6) is 5.75 Å². The van der Waals surface area contributed by atoms with Gasteiger partial charge in [0.05, 0.1) is 18.5 Å². The van der Waals surface area contributed by atoms with Crippen LogP contribution in [0.1, 0.15) is 19.8 Å². The fourth-order valence-electron chi connectivity index (χ4n) is 2.65. The van der Waals surface area contributed by atoms with Crippen molar-refractivity contribution in [2.24, 2.45) is 0 Å². The lowest BCUT2D eigenvalue weighted by Gasteiger charge is -2.23. The maximum atomic E-state index is 13.8. The maximum Gasteiger partial charge on any atom is 0.148 e. The Labute approximate surface area is 113 Å². The Bertz CT molecular complexity index is 439. The molecular formula is C14H22FN3O. The van der Waals surface area contributed by atoms with Crippen molar-refractivity contribution < 1.29 is 9.13 Å². The van der Waals surface area contributed by atoms with Gasteiger partial charge in [0.1, 0.15) is 11.6 Å². The van der Waals surface area contributed by atoms with Gasteiger partial charge in [-0.2, -0.15) is 0 Å². The molecule has 0 saturated carbocycles. The second-order valence-corrected chi connectivity index (χ2v) is 4.88. The van der Waals surface area contributed by atoms with E-state index in [0.717, 1.165) is 26.1 Å². The van der Waals surface area contributed by atoms with Crippen LogP contribution in [-0.4, -0.2) is 37.7 Å². The SMILES string of the molecule is CCN1CCCC1CNc1cc(OC)c(N)cc1F. The van der Waals surface area contributed by atoms with E-state index in [-0.39, 0.29) is 5.82 Å². The van der Waals surface area contributed by atoms with Crippen LogP contribution in [0.15, 0.2) is 12.1 Å². The number of hydrogen-bond donors (Lipinski definition) is 2. The molecule has 1 saturated heterocycles. The van der Waals surface area contributed by atoms with Crippen LogP contribution < -0.4 is 15.8 Å². The smallest absolute Gasteiger partial charge is 0.148 e. The van der Waals surface area contributed by atoms with Crippen LogP contribution in [0.2, 0.25) is 0 Å². The number of nitrogen functional groups attached to an aromatic ring is 1. The monoisotopic (exact) mass is 267 g/mol. The van der Waals surface area contributed by atoms with E-state index < -0.39 is 0 Å². The molecule has 1 aliphatic rings. The van der Waals surface area contributed by atoms with Crippen molar-refractivity contribution in [1.82, 2.24) is 4.90 Å². The van der Waals surface area contributed by atoms with Crippen molar-refractivity contribution in [2.45, 2.75) is 25.8 Å². The zero-order chi connectivity index (χ0) is 13.8. The molecular weight excluding hydrogens is 245 g/mol. The lowest BCUT2D eigenvalue weighted by atomic mass is 10.2. The van der Waals surface area contributed by atoms with E-state index in [1.807, 2.05) is 0 Å². The summed E-state index contributed by atoms with van der Waals surface area (Å²) in [5.41, 5.74) is 6.44. The van der Waals surface area contributed by atoms with Crippen molar-refractivity contribution in [1.29, 1.82) is 0 Å². The van der Waals surface area contributed by atoms with E-state index in [0.29, 0.717) is 23.2 Å².